The first-order valence-corrected chi connectivity index (χ1v) is 8.73. The quantitative estimate of drug-likeness (QED) is 0.758. The number of nitrogens with one attached hydrogen (secondary N) is 1. The standard InChI is InChI=1S/C19H16N4S/c1-2-13-5-6-15-16(12-13)22-18(14-7-9-20-10-8-14)23-19(21-15)17-4-3-11-24-17/h3-12H,2H2,1H3,(H,21,22,23). The normalized spacial score (nSPS) is 13.4. The molecule has 5 heteroatoms. The lowest BCUT2D eigenvalue weighted by Crippen LogP contribution is -2.14. The van der Waals surface area contributed by atoms with E-state index in [2.05, 4.69) is 35.4 Å². The molecule has 3 aromatic rings. The molecule has 0 spiro atoms. The maximum absolute atomic E-state index is 4.80. The van der Waals surface area contributed by atoms with Crippen LogP contribution in [0, 0.1) is 0 Å². The van der Waals surface area contributed by atoms with Crippen molar-refractivity contribution in [3.05, 3.63) is 76.2 Å². The lowest BCUT2D eigenvalue weighted by Gasteiger charge is -2.10. The number of hydrogen-bond acceptors (Lipinski definition) is 5. The molecule has 4 nitrogen and oxygen atoms in total. The molecule has 4 rings (SSSR count). The minimum Gasteiger partial charge on any atom is -0.338 e. The second-order valence-corrected chi connectivity index (χ2v) is 6.39. The van der Waals surface area contributed by atoms with Crippen LogP contribution in [-0.2, 0) is 6.42 Å². The summed E-state index contributed by atoms with van der Waals surface area (Å²) < 4.78 is 0. The summed E-state index contributed by atoms with van der Waals surface area (Å²) in [5, 5.41) is 5.50. The van der Waals surface area contributed by atoms with Gasteiger partial charge in [0.15, 0.2) is 5.84 Å². The van der Waals surface area contributed by atoms with E-state index in [0.717, 1.165) is 39.9 Å². The molecule has 0 saturated heterocycles. The first kappa shape index (κ1) is 14.8. The van der Waals surface area contributed by atoms with Crippen molar-refractivity contribution >= 4 is 34.4 Å². The van der Waals surface area contributed by atoms with E-state index >= 15 is 0 Å². The summed E-state index contributed by atoms with van der Waals surface area (Å²) in [6.45, 7) is 2.15. The summed E-state index contributed by atoms with van der Waals surface area (Å²) in [6.07, 6.45) is 4.53. The number of aromatic nitrogens is 1. The Kier molecular flexibility index (Phi) is 3.92. The third-order valence-electron chi connectivity index (χ3n) is 3.86. The van der Waals surface area contributed by atoms with Crippen LogP contribution in [0.2, 0.25) is 0 Å². The van der Waals surface area contributed by atoms with Gasteiger partial charge in [0.1, 0.15) is 5.84 Å². The molecule has 24 heavy (non-hydrogen) atoms. The Morgan fingerprint density at radius 2 is 1.92 bits per heavy atom. The highest BCUT2D eigenvalue weighted by molar-refractivity contribution is 7.12. The van der Waals surface area contributed by atoms with Gasteiger partial charge in [-0.1, -0.05) is 19.1 Å². The SMILES string of the molecule is CCc1ccc2c(c1)NC(c1ccncc1)=NC(c1cccs1)=N2. The van der Waals surface area contributed by atoms with E-state index in [4.69, 9.17) is 9.98 Å². The lowest BCUT2D eigenvalue weighted by atomic mass is 10.1. The second-order valence-electron chi connectivity index (χ2n) is 5.44. The smallest absolute Gasteiger partial charge is 0.172 e. The molecule has 1 aliphatic rings. The Hall–Kier alpha value is -2.79. The van der Waals surface area contributed by atoms with Crippen LogP contribution >= 0.6 is 11.3 Å². The van der Waals surface area contributed by atoms with Gasteiger partial charge in [0.25, 0.3) is 0 Å². The molecule has 1 aromatic carbocycles. The number of fused-ring (bicyclic) bond motifs is 1. The largest absolute Gasteiger partial charge is 0.338 e. The van der Waals surface area contributed by atoms with E-state index in [1.165, 1.54) is 5.56 Å². The van der Waals surface area contributed by atoms with Gasteiger partial charge in [-0.3, -0.25) is 4.98 Å². The number of anilines is 1. The molecule has 2 aromatic heterocycles. The van der Waals surface area contributed by atoms with Crippen LogP contribution in [0.1, 0.15) is 22.9 Å². The fourth-order valence-corrected chi connectivity index (χ4v) is 3.22. The van der Waals surface area contributed by atoms with Crippen LogP contribution in [0.25, 0.3) is 0 Å². The molecule has 118 valence electrons. The molecule has 0 aliphatic carbocycles. The van der Waals surface area contributed by atoms with Crippen molar-refractivity contribution < 1.29 is 0 Å². The van der Waals surface area contributed by atoms with Crippen molar-refractivity contribution in [3.8, 4) is 0 Å². The van der Waals surface area contributed by atoms with Crippen LogP contribution in [0.3, 0.4) is 0 Å². The number of thiophene rings is 1. The Bertz CT molecular complexity index is 912. The van der Waals surface area contributed by atoms with Crippen LogP contribution < -0.4 is 5.32 Å². The molecule has 0 fully saturated rings. The lowest BCUT2D eigenvalue weighted by molar-refractivity contribution is 1.14. The average molecular weight is 332 g/mol. The zero-order valence-corrected chi connectivity index (χ0v) is 14.0. The Morgan fingerprint density at radius 3 is 2.67 bits per heavy atom. The van der Waals surface area contributed by atoms with Crippen LogP contribution in [0.5, 0.6) is 0 Å². The van der Waals surface area contributed by atoms with E-state index in [1.807, 2.05) is 29.6 Å². The minimum absolute atomic E-state index is 0.729. The third kappa shape index (κ3) is 2.86. The van der Waals surface area contributed by atoms with Crippen LogP contribution in [0.15, 0.2) is 70.2 Å². The first-order valence-electron chi connectivity index (χ1n) is 7.85. The zero-order chi connectivity index (χ0) is 16.4. The van der Waals surface area contributed by atoms with Crippen molar-refractivity contribution in [3.63, 3.8) is 0 Å². The van der Waals surface area contributed by atoms with Crippen molar-refractivity contribution in [1.29, 1.82) is 0 Å². The zero-order valence-electron chi connectivity index (χ0n) is 13.2. The topological polar surface area (TPSA) is 49.6 Å². The molecule has 0 atom stereocenters. The molecular weight excluding hydrogens is 316 g/mol. The Labute approximate surface area is 144 Å². The van der Waals surface area contributed by atoms with Crippen LogP contribution in [0.4, 0.5) is 11.4 Å². The number of benzene rings is 1. The number of hydrogen-bond donors (Lipinski definition) is 1. The highest BCUT2D eigenvalue weighted by Gasteiger charge is 2.16. The van der Waals surface area contributed by atoms with Gasteiger partial charge < -0.3 is 5.32 Å². The maximum atomic E-state index is 4.80. The van der Waals surface area contributed by atoms with Gasteiger partial charge in [0.05, 0.1) is 16.3 Å². The monoisotopic (exact) mass is 332 g/mol. The molecular formula is C19H16N4S. The van der Waals surface area contributed by atoms with Crippen LogP contribution in [-0.4, -0.2) is 16.7 Å². The van der Waals surface area contributed by atoms with E-state index < -0.39 is 0 Å². The number of aryl methyl sites for hydroxylation is 1. The van der Waals surface area contributed by atoms with Crippen molar-refractivity contribution in [1.82, 2.24) is 4.98 Å². The van der Waals surface area contributed by atoms with E-state index in [9.17, 15) is 0 Å². The van der Waals surface area contributed by atoms with E-state index in [0.29, 0.717) is 0 Å². The summed E-state index contributed by atoms with van der Waals surface area (Å²) in [4.78, 5) is 14.7. The third-order valence-corrected chi connectivity index (χ3v) is 4.73. The van der Waals surface area contributed by atoms with Gasteiger partial charge in [0, 0.05) is 18.0 Å². The highest BCUT2D eigenvalue weighted by Crippen LogP contribution is 2.31. The van der Waals surface area contributed by atoms with Gasteiger partial charge in [0.2, 0.25) is 0 Å². The maximum Gasteiger partial charge on any atom is 0.172 e. The van der Waals surface area contributed by atoms with Crippen molar-refractivity contribution in [2.45, 2.75) is 13.3 Å². The molecule has 0 bridgehead atoms. The average Bonchev–Trinajstić information content (AvgIpc) is 3.10. The summed E-state index contributed by atoms with van der Waals surface area (Å²) in [5.74, 6) is 1.52. The van der Waals surface area contributed by atoms with Gasteiger partial charge in [-0.05, 0) is 47.7 Å². The number of pyridine rings is 1. The van der Waals surface area contributed by atoms with Gasteiger partial charge in [-0.2, -0.15) is 0 Å². The fraction of sp³-hybridized carbons (Fsp3) is 0.105. The molecule has 3 heterocycles. The number of rotatable bonds is 3. The molecule has 1 N–H and O–H groups in total. The second kappa shape index (κ2) is 6.37. The van der Waals surface area contributed by atoms with E-state index in [1.54, 1.807) is 23.7 Å². The molecule has 0 radical (unpaired) electrons. The minimum atomic E-state index is 0.729. The first-order chi connectivity index (χ1) is 11.8. The Balaban J connectivity index is 1.88. The number of amidine groups is 2. The summed E-state index contributed by atoms with van der Waals surface area (Å²) in [5.41, 5.74) is 4.15. The highest BCUT2D eigenvalue weighted by atomic mass is 32.1. The fourth-order valence-electron chi connectivity index (χ4n) is 2.56. The summed E-state index contributed by atoms with van der Waals surface area (Å²) in [7, 11) is 0. The van der Waals surface area contributed by atoms with Crippen molar-refractivity contribution in [2.75, 3.05) is 5.32 Å². The number of nitrogens with zero attached hydrogens (tertiary/aromatic N) is 3. The van der Waals surface area contributed by atoms with Gasteiger partial charge in [-0.15, -0.1) is 11.3 Å². The molecule has 1 aliphatic heterocycles. The van der Waals surface area contributed by atoms with E-state index in [-0.39, 0.29) is 0 Å². The van der Waals surface area contributed by atoms with Gasteiger partial charge >= 0.3 is 0 Å². The summed E-state index contributed by atoms with van der Waals surface area (Å²) >= 11 is 1.64. The van der Waals surface area contributed by atoms with Crippen molar-refractivity contribution in [2.24, 2.45) is 9.98 Å². The number of aliphatic imine (C=N–C) groups is 2. The molecule has 0 amide bonds. The molecule has 0 unspecified atom stereocenters. The molecule has 0 saturated carbocycles. The Morgan fingerprint density at radius 1 is 1.04 bits per heavy atom. The van der Waals surface area contributed by atoms with Gasteiger partial charge in [-0.25, -0.2) is 9.98 Å². The predicted molar refractivity (Wildman–Crippen MR) is 101 cm³/mol. The predicted octanol–water partition coefficient (Wildman–Crippen LogP) is 4.66. The summed E-state index contributed by atoms with van der Waals surface area (Å²) in [6, 6.07) is 14.3.